The largest absolute Gasteiger partial charge is 0.487 e. The molecule has 0 saturated carbocycles. The number of hydrogen-bond donors (Lipinski definition) is 1. The number of aryl methyl sites for hydroxylation is 1. The summed E-state index contributed by atoms with van der Waals surface area (Å²) in [5, 5.41) is 0.719. The number of ether oxygens (including phenoxy) is 2. The van der Waals surface area contributed by atoms with Crippen LogP contribution in [0.4, 0.5) is 0 Å². The molecule has 1 fully saturated rings. The Morgan fingerprint density at radius 2 is 2.07 bits per heavy atom. The molecule has 1 atom stereocenters. The second-order valence-electron chi connectivity index (χ2n) is 6.76. The van der Waals surface area contributed by atoms with Crippen LogP contribution in [0.2, 0.25) is 0 Å². The highest BCUT2D eigenvalue weighted by Gasteiger charge is 2.22. The Bertz CT molecular complexity index is 1170. The van der Waals surface area contributed by atoms with E-state index in [1.807, 2.05) is 6.07 Å². The van der Waals surface area contributed by atoms with Gasteiger partial charge < -0.3 is 19.0 Å². The molecule has 1 N–H and O–H groups in total. The Morgan fingerprint density at radius 1 is 1.26 bits per heavy atom. The topological polar surface area (TPSA) is 90.4 Å². The molecule has 1 aromatic carbocycles. The maximum absolute atomic E-state index is 12.4. The van der Waals surface area contributed by atoms with Gasteiger partial charge in [-0.2, -0.15) is 0 Å². The van der Waals surface area contributed by atoms with E-state index in [9.17, 15) is 13.2 Å². The fourth-order valence-corrected chi connectivity index (χ4v) is 3.97. The molecule has 0 amide bonds. The Kier molecular flexibility index (Phi) is 4.32. The molecule has 1 aliphatic rings. The van der Waals surface area contributed by atoms with E-state index in [0.29, 0.717) is 30.0 Å². The smallest absolute Gasteiger partial charge is 0.274 e. The number of aromatic nitrogens is 2. The van der Waals surface area contributed by atoms with Crippen molar-refractivity contribution in [3.05, 3.63) is 47.0 Å². The van der Waals surface area contributed by atoms with Crippen LogP contribution in [-0.2, 0) is 21.6 Å². The van der Waals surface area contributed by atoms with Gasteiger partial charge in [-0.15, -0.1) is 0 Å². The van der Waals surface area contributed by atoms with Crippen molar-refractivity contribution >= 4 is 20.7 Å². The van der Waals surface area contributed by atoms with Gasteiger partial charge in [-0.05, 0) is 24.3 Å². The van der Waals surface area contributed by atoms with Crippen molar-refractivity contribution in [3.63, 3.8) is 0 Å². The van der Waals surface area contributed by atoms with Gasteiger partial charge in [0.05, 0.1) is 18.1 Å². The monoisotopic (exact) mass is 388 g/mol. The van der Waals surface area contributed by atoms with Gasteiger partial charge in [-0.3, -0.25) is 4.79 Å². The normalized spacial score (nSPS) is 17.5. The second-order valence-corrected chi connectivity index (χ2v) is 8.77. The lowest BCUT2D eigenvalue weighted by molar-refractivity contribution is 0.141. The van der Waals surface area contributed by atoms with Crippen molar-refractivity contribution in [2.75, 3.05) is 19.5 Å². The van der Waals surface area contributed by atoms with Crippen molar-refractivity contribution in [2.45, 2.75) is 17.4 Å². The van der Waals surface area contributed by atoms with Crippen LogP contribution in [0.1, 0.15) is 6.42 Å². The maximum atomic E-state index is 12.4. The lowest BCUT2D eigenvalue weighted by atomic mass is 10.0. The minimum absolute atomic E-state index is 0.0814. The summed E-state index contributed by atoms with van der Waals surface area (Å²) >= 11 is 0. The minimum atomic E-state index is -3.39. The van der Waals surface area contributed by atoms with Crippen LogP contribution in [0.25, 0.3) is 22.0 Å². The maximum Gasteiger partial charge on any atom is 0.274 e. The van der Waals surface area contributed by atoms with Crippen LogP contribution in [0.15, 0.2) is 46.3 Å². The molecule has 3 aromatic rings. The first-order valence-corrected chi connectivity index (χ1v) is 10.5. The number of hydrogen-bond acceptors (Lipinski definition) is 5. The lowest BCUT2D eigenvalue weighted by Crippen LogP contribution is -2.18. The van der Waals surface area contributed by atoms with Crippen LogP contribution in [0, 0.1) is 0 Å². The molecule has 1 saturated heterocycles. The highest BCUT2D eigenvalue weighted by molar-refractivity contribution is 7.90. The predicted octanol–water partition coefficient (Wildman–Crippen LogP) is 2.10. The van der Waals surface area contributed by atoms with Gasteiger partial charge in [0.1, 0.15) is 17.4 Å². The molecule has 1 unspecified atom stereocenters. The van der Waals surface area contributed by atoms with Gasteiger partial charge in [0, 0.05) is 48.6 Å². The van der Waals surface area contributed by atoms with Gasteiger partial charge in [-0.25, -0.2) is 8.42 Å². The Morgan fingerprint density at radius 3 is 2.78 bits per heavy atom. The Labute approximate surface area is 156 Å². The summed E-state index contributed by atoms with van der Waals surface area (Å²) in [6.45, 7) is 1.14. The fraction of sp³-hybridized carbons (Fsp3) is 0.316. The Balaban J connectivity index is 1.95. The molecular formula is C19H20N2O5S. The molecule has 8 heteroatoms. The van der Waals surface area contributed by atoms with E-state index in [-0.39, 0.29) is 16.6 Å². The van der Waals surface area contributed by atoms with Crippen molar-refractivity contribution in [2.24, 2.45) is 7.05 Å². The summed E-state index contributed by atoms with van der Waals surface area (Å²) < 4.78 is 37.1. The summed E-state index contributed by atoms with van der Waals surface area (Å²) in [5.41, 5.74) is 1.68. The van der Waals surface area contributed by atoms with E-state index in [1.165, 1.54) is 10.8 Å². The van der Waals surface area contributed by atoms with E-state index >= 15 is 0 Å². The van der Waals surface area contributed by atoms with Crippen LogP contribution in [-0.4, -0.2) is 43.5 Å². The molecule has 7 nitrogen and oxygen atoms in total. The van der Waals surface area contributed by atoms with Crippen LogP contribution in [0.5, 0.6) is 5.75 Å². The third-order valence-corrected chi connectivity index (χ3v) is 5.86. The second kappa shape index (κ2) is 6.54. The third kappa shape index (κ3) is 3.26. The van der Waals surface area contributed by atoms with Gasteiger partial charge >= 0.3 is 0 Å². The molecule has 4 rings (SSSR count). The predicted molar refractivity (Wildman–Crippen MR) is 102 cm³/mol. The van der Waals surface area contributed by atoms with Crippen molar-refractivity contribution in [3.8, 4) is 16.9 Å². The molecule has 0 aliphatic carbocycles. The fourth-order valence-electron chi connectivity index (χ4n) is 3.32. The summed E-state index contributed by atoms with van der Waals surface area (Å²) in [4.78, 5) is 15.5. The SMILES string of the molecule is Cn1cc(-c2cc(S(C)(=O)=O)ccc2OC2CCOC2)c2cc[nH]c2c1=O. The summed E-state index contributed by atoms with van der Waals surface area (Å²) in [6.07, 6.45) is 5.27. The molecule has 142 valence electrons. The summed E-state index contributed by atoms with van der Waals surface area (Å²) in [6, 6.07) is 6.63. The number of nitrogens with zero attached hydrogens (tertiary/aromatic N) is 1. The van der Waals surface area contributed by atoms with Crippen LogP contribution < -0.4 is 10.3 Å². The van der Waals surface area contributed by atoms with Gasteiger partial charge in [0.15, 0.2) is 9.84 Å². The molecular weight excluding hydrogens is 368 g/mol. The standard InChI is InChI=1S/C19H20N2O5S/c1-21-10-16(14-5-7-20-18(14)19(21)22)15-9-13(27(2,23)24)3-4-17(15)26-12-6-8-25-11-12/h3-5,7,9-10,12,20H,6,8,11H2,1-2H3. The summed E-state index contributed by atoms with van der Waals surface area (Å²) in [5.74, 6) is 0.569. The average molecular weight is 388 g/mol. The lowest BCUT2D eigenvalue weighted by Gasteiger charge is -2.17. The molecule has 0 bridgehead atoms. The van der Waals surface area contributed by atoms with Crippen LogP contribution >= 0.6 is 0 Å². The molecule has 27 heavy (non-hydrogen) atoms. The zero-order chi connectivity index (χ0) is 19.2. The molecule has 0 radical (unpaired) electrons. The number of aromatic amines is 1. The number of sulfone groups is 1. The van der Waals surface area contributed by atoms with Gasteiger partial charge in [0.2, 0.25) is 0 Å². The zero-order valence-corrected chi connectivity index (χ0v) is 15.9. The van der Waals surface area contributed by atoms with E-state index in [0.717, 1.165) is 17.4 Å². The third-order valence-electron chi connectivity index (χ3n) is 4.75. The van der Waals surface area contributed by atoms with Gasteiger partial charge in [0.25, 0.3) is 5.56 Å². The first kappa shape index (κ1) is 17.8. The van der Waals surface area contributed by atoms with E-state index in [1.54, 1.807) is 37.6 Å². The quantitative estimate of drug-likeness (QED) is 0.739. The number of rotatable bonds is 4. The number of nitrogens with one attached hydrogen (secondary N) is 1. The minimum Gasteiger partial charge on any atom is -0.487 e. The molecule has 2 aromatic heterocycles. The van der Waals surface area contributed by atoms with Crippen LogP contribution in [0.3, 0.4) is 0 Å². The number of pyridine rings is 1. The number of benzene rings is 1. The highest BCUT2D eigenvalue weighted by Crippen LogP contribution is 2.36. The van der Waals surface area contributed by atoms with E-state index < -0.39 is 9.84 Å². The number of H-pyrrole nitrogens is 1. The van der Waals surface area contributed by atoms with E-state index in [4.69, 9.17) is 9.47 Å². The molecule has 3 heterocycles. The molecule has 1 aliphatic heterocycles. The van der Waals surface area contributed by atoms with Crippen molar-refractivity contribution < 1.29 is 17.9 Å². The Hall–Kier alpha value is -2.58. The first-order chi connectivity index (χ1) is 12.8. The zero-order valence-electron chi connectivity index (χ0n) is 15.1. The summed E-state index contributed by atoms with van der Waals surface area (Å²) in [7, 11) is -1.73. The van der Waals surface area contributed by atoms with E-state index in [2.05, 4.69) is 4.98 Å². The highest BCUT2D eigenvalue weighted by atomic mass is 32.2. The molecule has 0 spiro atoms. The number of fused-ring (bicyclic) bond motifs is 1. The van der Waals surface area contributed by atoms with Gasteiger partial charge in [-0.1, -0.05) is 0 Å². The van der Waals surface area contributed by atoms with Crippen molar-refractivity contribution in [1.82, 2.24) is 9.55 Å². The first-order valence-electron chi connectivity index (χ1n) is 8.60. The van der Waals surface area contributed by atoms with Crippen molar-refractivity contribution in [1.29, 1.82) is 0 Å². The average Bonchev–Trinajstić information content (AvgIpc) is 3.29.